The Bertz CT molecular complexity index is 1010. The van der Waals surface area contributed by atoms with Gasteiger partial charge in [0.1, 0.15) is 10.7 Å². The van der Waals surface area contributed by atoms with Crippen molar-refractivity contribution in [3.8, 4) is 0 Å². The van der Waals surface area contributed by atoms with Gasteiger partial charge in [-0.05, 0) is 41.6 Å². The second kappa shape index (κ2) is 6.98. The molecular weight excluding hydrogens is 397 g/mol. The summed E-state index contributed by atoms with van der Waals surface area (Å²) in [6.45, 7) is 0.822. The van der Waals surface area contributed by atoms with Crippen LogP contribution >= 0.6 is 34.3 Å². The number of carbonyl (C=O) groups is 2. The molecule has 0 N–H and O–H groups in total. The Labute approximate surface area is 161 Å². The monoisotopic (exact) mass is 409 g/mol. The van der Waals surface area contributed by atoms with Crippen molar-refractivity contribution in [2.24, 2.45) is 0 Å². The van der Waals surface area contributed by atoms with Gasteiger partial charge in [0.15, 0.2) is 6.61 Å². The van der Waals surface area contributed by atoms with Crippen LogP contribution in [-0.4, -0.2) is 29.9 Å². The summed E-state index contributed by atoms with van der Waals surface area (Å²) < 4.78 is 19.0. The fourth-order valence-electron chi connectivity index (χ4n) is 2.92. The van der Waals surface area contributed by atoms with Crippen LogP contribution in [0.5, 0.6) is 0 Å². The number of nitrogens with zero attached hydrogens (tertiary/aromatic N) is 1. The number of thiophene rings is 2. The summed E-state index contributed by atoms with van der Waals surface area (Å²) >= 11 is 8.96. The van der Waals surface area contributed by atoms with Crippen molar-refractivity contribution in [2.45, 2.75) is 13.0 Å². The molecule has 0 saturated carbocycles. The third-order valence-electron chi connectivity index (χ3n) is 4.26. The third kappa shape index (κ3) is 3.22. The van der Waals surface area contributed by atoms with Gasteiger partial charge >= 0.3 is 5.97 Å². The maximum Gasteiger partial charge on any atom is 0.350 e. The number of hydrogen-bond acceptors (Lipinski definition) is 5. The van der Waals surface area contributed by atoms with Gasteiger partial charge in [0, 0.05) is 28.1 Å². The van der Waals surface area contributed by atoms with Gasteiger partial charge in [-0.3, -0.25) is 4.79 Å². The van der Waals surface area contributed by atoms with Crippen LogP contribution in [0.3, 0.4) is 0 Å². The smallest absolute Gasteiger partial charge is 0.350 e. The van der Waals surface area contributed by atoms with Crippen molar-refractivity contribution in [1.82, 2.24) is 4.90 Å². The second-order valence-electron chi connectivity index (χ2n) is 5.90. The Kier molecular flexibility index (Phi) is 4.69. The fourth-order valence-corrected chi connectivity index (χ4v) is 5.23. The van der Waals surface area contributed by atoms with E-state index >= 15 is 0 Å². The van der Waals surface area contributed by atoms with Gasteiger partial charge in [-0.1, -0.05) is 11.6 Å². The van der Waals surface area contributed by atoms with Crippen molar-refractivity contribution < 1.29 is 18.7 Å². The van der Waals surface area contributed by atoms with Crippen molar-refractivity contribution in [2.75, 3.05) is 13.2 Å². The molecule has 0 fully saturated rings. The number of ether oxygens (including phenoxy) is 1. The quantitative estimate of drug-likeness (QED) is 0.598. The molecule has 1 amide bonds. The standard InChI is InChI=1S/C18H13ClFNO3S2/c19-16-12-2-1-11(20)7-14(12)26-17(16)18(23)24-9-15(22)21-5-3-13-10(8-21)4-6-25-13/h1-2,4,6-7H,3,5,8-9H2. The molecule has 134 valence electrons. The lowest BCUT2D eigenvalue weighted by atomic mass is 10.1. The molecule has 1 aliphatic heterocycles. The fraction of sp³-hybridized carbons (Fsp3) is 0.222. The summed E-state index contributed by atoms with van der Waals surface area (Å²) in [5, 5.41) is 2.84. The first-order chi connectivity index (χ1) is 12.5. The third-order valence-corrected chi connectivity index (χ3v) is 6.92. The van der Waals surface area contributed by atoms with Crippen molar-refractivity contribution >= 4 is 56.2 Å². The summed E-state index contributed by atoms with van der Waals surface area (Å²) in [4.78, 5) is 27.8. The Hall–Kier alpha value is -1.96. The molecule has 3 heterocycles. The van der Waals surface area contributed by atoms with Crippen LogP contribution in [0.15, 0.2) is 29.6 Å². The van der Waals surface area contributed by atoms with Gasteiger partial charge in [0.2, 0.25) is 0 Å². The van der Waals surface area contributed by atoms with Crippen molar-refractivity contribution in [3.05, 3.63) is 55.8 Å². The predicted octanol–water partition coefficient (Wildman–Crippen LogP) is 4.50. The minimum Gasteiger partial charge on any atom is -0.451 e. The van der Waals surface area contributed by atoms with Crippen LogP contribution < -0.4 is 0 Å². The highest BCUT2D eigenvalue weighted by molar-refractivity contribution is 7.21. The molecule has 0 atom stereocenters. The topological polar surface area (TPSA) is 46.6 Å². The Morgan fingerprint density at radius 1 is 1.31 bits per heavy atom. The Morgan fingerprint density at radius 3 is 3.00 bits per heavy atom. The molecule has 2 aromatic heterocycles. The first kappa shape index (κ1) is 17.5. The highest BCUT2D eigenvalue weighted by Gasteiger charge is 2.24. The molecular formula is C18H13ClFNO3S2. The summed E-state index contributed by atoms with van der Waals surface area (Å²) in [5.74, 6) is -1.31. The largest absolute Gasteiger partial charge is 0.451 e. The maximum absolute atomic E-state index is 13.3. The molecule has 0 saturated heterocycles. The van der Waals surface area contributed by atoms with E-state index in [1.54, 1.807) is 16.2 Å². The second-order valence-corrected chi connectivity index (χ2v) is 8.33. The van der Waals surface area contributed by atoms with Gasteiger partial charge in [0.25, 0.3) is 5.91 Å². The predicted molar refractivity (Wildman–Crippen MR) is 101 cm³/mol. The van der Waals surface area contributed by atoms with E-state index in [1.807, 2.05) is 11.4 Å². The molecule has 1 aromatic carbocycles. The highest BCUT2D eigenvalue weighted by Crippen LogP contribution is 2.36. The lowest BCUT2D eigenvalue weighted by Gasteiger charge is -2.26. The summed E-state index contributed by atoms with van der Waals surface area (Å²) in [5.41, 5.74) is 1.15. The van der Waals surface area contributed by atoms with Crippen LogP contribution in [0.2, 0.25) is 5.02 Å². The number of hydrogen-bond donors (Lipinski definition) is 0. The SMILES string of the molecule is O=C(OCC(=O)N1CCc2sccc2C1)c1sc2cc(F)ccc2c1Cl. The summed E-state index contributed by atoms with van der Waals surface area (Å²) in [7, 11) is 0. The molecule has 1 aliphatic rings. The van der Waals surface area contributed by atoms with Crippen molar-refractivity contribution in [1.29, 1.82) is 0 Å². The zero-order valence-corrected chi connectivity index (χ0v) is 15.8. The van der Waals surface area contributed by atoms with Crippen LogP contribution in [0.25, 0.3) is 10.1 Å². The minimum absolute atomic E-state index is 0.179. The van der Waals surface area contributed by atoms with E-state index in [2.05, 4.69) is 0 Å². The van der Waals surface area contributed by atoms with Crippen LogP contribution in [0, 0.1) is 5.82 Å². The number of rotatable bonds is 3. The molecule has 3 aromatic rings. The summed E-state index contributed by atoms with van der Waals surface area (Å²) in [6, 6.07) is 6.15. The van der Waals surface area contributed by atoms with E-state index in [4.69, 9.17) is 16.3 Å². The number of esters is 1. The highest BCUT2D eigenvalue weighted by atomic mass is 35.5. The van der Waals surface area contributed by atoms with Gasteiger partial charge in [0.05, 0.1) is 5.02 Å². The van der Waals surface area contributed by atoms with E-state index in [-0.39, 0.29) is 22.4 Å². The molecule has 8 heteroatoms. The molecule has 4 rings (SSSR count). The van der Waals surface area contributed by atoms with Gasteiger partial charge in [-0.15, -0.1) is 22.7 Å². The summed E-state index contributed by atoms with van der Waals surface area (Å²) in [6.07, 6.45) is 0.820. The number of amides is 1. The Balaban J connectivity index is 1.43. The van der Waals surface area contributed by atoms with E-state index < -0.39 is 11.8 Å². The van der Waals surface area contributed by atoms with E-state index in [1.165, 1.54) is 23.1 Å². The van der Waals surface area contributed by atoms with E-state index in [0.29, 0.717) is 23.2 Å². The van der Waals surface area contributed by atoms with Gasteiger partial charge < -0.3 is 9.64 Å². The average molecular weight is 410 g/mol. The van der Waals surface area contributed by atoms with Gasteiger partial charge in [-0.2, -0.15) is 0 Å². The van der Waals surface area contributed by atoms with E-state index in [9.17, 15) is 14.0 Å². The first-order valence-corrected chi connectivity index (χ1v) is 9.98. The van der Waals surface area contributed by atoms with Gasteiger partial charge in [-0.25, -0.2) is 9.18 Å². The molecule has 0 aliphatic carbocycles. The molecule has 0 bridgehead atoms. The zero-order chi connectivity index (χ0) is 18.3. The Morgan fingerprint density at radius 2 is 2.15 bits per heavy atom. The van der Waals surface area contributed by atoms with Crippen LogP contribution in [0.4, 0.5) is 4.39 Å². The average Bonchev–Trinajstić information content (AvgIpc) is 3.23. The molecule has 0 unspecified atom stereocenters. The van der Waals surface area contributed by atoms with Crippen molar-refractivity contribution in [3.63, 3.8) is 0 Å². The normalized spacial score (nSPS) is 13.7. The number of carbonyl (C=O) groups excluding carboxylic acids is 2. The zero-order valence-electron chi connectivity index (χ0n) is 13.5. The lowest BCUT2D eigenvalue weighted by molar-refractivity contribution is -0.135. The first-order valence-electron chi connectivity index (χ1n) is 7.90. The molecule has 26 heavy (non-hydrogen) atoms. The van der Waals surface area contributed by atoms with E-state index in [0.717, 1.165) is 23.3 Å². The number of fused-ring (bicyclic) bond motifs is 2. The molecule has 4 nitrogen and oxygen atoms in total. The van der Waals surface area contributed by atoms with Crippen LogP contribution in [0.1, 0.15) is 20.1 Å². The maximum atomic E-state index is 13.3. The molecule has 0 radical (unpaired) electrons. The molecule has 0 spiro atoms. The minimum atomic E-state index is -0.668. The van der Waals surface area contributed by atoms with Crippen LogP contribution in [-0.2, 0) is 22.5 Å². The lowest BCUT2D eigenvalue weighted by Crippen LogP contribution is -2.38. The number of halogens is 2. The number of benzene rings is 1.